The van der Waals surface area contributed by atoms with E-state index >= 15 is 0 Å². The fraction of sp³-hybridized carbons (Fsp3) is 0.250. The molecule has 2 aromatic rings. The smallest absolute Gasteiger partial charge is 0.0529 e. The first-order chi connectivity index (χ1) is 10.6. The minimum atomic E-state index is -1.03. The number of rotatable bonds is 7. The summed E-state index contributed by atoms with van der Waals surface area (Å²) in [6.45, 7) is 0. The topological polar surface area (TPSA) is 34.1 Å². The maximum absolute atomic E-state index is 12.1. The molecule has 0 aliphatic rings. The van der Waals surface area contributed by atoms with Crippen LogP contribution in [-0.2, 0) is 21.6 Å². The van der Waals surface area contributed by atoms with Crippen molar-refractivity contribution in [3.8, 4) is 0 Å². The highest BCUT2D eigenvalue weighted by atomic mass is 35.5. The molecule has 6 heteroatoms. The van der Waals surface area contributed by atoms with Gasteiger partial charge in [-0.1, -0.05) is 23.2 Å². The molecule has 0 radical (unpaired) electrons. The number of hydrogen-bond donors (Lipinski definition) is 0. The van der Waals surface area contributed by atoms with E-state index in [1.165, 1.54) is 0 Å². The molecule has 118 valence electrons. The van der Waals surface area contributed by atoms with Gasteiger partial charge in [-0.2, -0.15) is 0 Å². The van der Waals surface area contributed by atoms with Crippen molar-refractivity contribution < 1.29 is 8.42 Å². The van der Waals surface area contributed by atoms with Gasteiger partial charge in [0, 0.05) is 31.3 Å². The summed E-state index contributed by atoms with van der Waals surface area (Å²) in [5, 5.41) is 1.28. The van der Waals surface area contributed by atoms with Gasteiger partial charge >= 0.3 is 0 Å². The van der Waals surface area contributed by atoms with Crippen LogP contribution in [-0.4, -0.2) is 19.9 Å². The summed E-state index contributed by atoms with van der Waals surface area (Å²) in [6.07, 6.45) is 1.54. The van der Waals surface area contributed by atoms with Crippen molar-refractivity contribution in [2.24, 2.45) is 0 Å². The zero-order valence-corrected chi connectivity index (χ0v) is 15.0. The maximum Gasteiger partial charge on any atom is 0.0529 e. The molecule has 0 saturated heterocycles. The first-order valence-corrected chi connectivity index (χ1v) is 10.2. The summed E-state index contributed by atoms with van der Waals surface area (Å²) in [5.74, 6) is 1.14. The highest BCUT2D eigenvalue weighted by Gasteiger charge is 2.06. The number of halogens is 2. The molecule has 0 unspecified atom stereocenters. The summed E-state index contributed by atoms with van der Waals surface area (Å²) >= 11 is 11.6. The van der Waals surface area contributed by atoms with Crippen LogP contribution in [0.25, 0.3) is 0 Å². The fourth-order valence-corrected chi connectivity index (χ4v) is 4.41. The van der Waals surface area contributed by atoms with Crippen LogP contribution in [0.3, 0.4) is 0 Å². The van der Waals surface area contributed by atoms with Gasteiger partial charge in [-0.3, -0.25) is 8.42 Å². The van der Waals surface area contributed by atoms with Crippen LogP contribution in [0.5, 0.6) is 0 Å². The lowest BCUT2D eigenvalue weighted by molar-refractivity contribution is 0.674. The van der Waals surface area contributed by atoms with Crippen molar-refractivity contribution >= 4 is 44.8 Å². The van der Waals surface area contributed by atoms with Crippen molar-refractivity contribution in [3.63, 3.8) is 0 Å². The van der Waals surface area contributed by atoms with E-state index in [-0.39, 0.29) is 0 Å². The van der Waals surface area contributed by atoms with E-state index in [1.54, 1.807) is 48.5 Å². The molecule has 0 saturated carbocycles. The quantitative estimate of drug-likeness (QED) is 0.658. The molecular weight excluding hydrogens is 359 g/mol. The number of hydrogen-bond acceptors (Lipinski definition) is 2. The monoisotopic (exact) mass is 374 g/mol. The predicted octanol–water partition coefficient (Wildman–Crippen LogP) is 4.69. The minimum absolute atomic E-state index is 0.569. The summed E-state index contributed by atoms with van der Waals surface area (Å²) in [5.41, 5.74) is 0. The van der Waals surface area contributed by atoms with Crippen LogP contribution in [0.4, 0.5) is 0 Å². The van der Waals surface area contributed by atoms with E-state index in [2.05, 4.69) is 0 Å². The van der Waals surface area contributed by atoms with Gasteiger partial charge in [-0.25, -0.2) is 0 Å². The lowest BCUT2D eigenvalue weighted by Crippen LogP contribution is -2.02. The Morgan fingerprint density at radius 1 is 0.636 bits per heavy atom. The Labute approximate surface area is 145 Å². The number of unbranched alkanes of at least 4 members (excludes halogenated alkanes) is 1. The van der Waals surface area contributed by atoms with Gasteiger partial charge in [-0.15, -0.1) is 0 Å². The normalized spacial score (nSPS) is 13.7. The molecule has 2 atom stereocenters. The molecule has 0 heterocycles. The van der Waals surface area contributed by atoms with Crippen LogP contribution >= 0.6 is 23.2 Å². The average Bonchev–Trinajstić information content (AvgIpc) is 2.52. The van der Waals surface area contributed by atoms with Crippen molar-refractivity contribution in [2.75, 3.05) is 11.5 Å². The molecule has 0 aliphatic heterocycles. The van der Waals surface area contributed by atoms with Crippen molar-refractivity contribution in [1.29, 1.82) is 0 Å². The lowest BCUT2D eigenvalue weighted by Gasteiger charge is -2.04. The standard InChI is InChI=1S/C16H16Cl2O2S2/c17-13-3-7-15(8-4-13)21(19)11-1-2-12-22(20)16-9-5-14(18)6-10-16/h3-10H,1-2,11-12H2/t21-,22+. The Balaban J connectivity index is 1.74. The van der Waals surface area contributed by atoms with Crippen LogP contribution in [0.15, 0.2) is 58.3 Å². The molecule has 0 fully saturated rings. The molecule has 0 aliphatic carbocycles. The molecule has 2 nitrogen and oxygen atoms in total. The second-order valence-corrected chi connectivity index (χ2v) is 8.73. The molecule has 0 N–H and O–H groups in total. The lowest BCUT2D eigenvalue weighted by atomic mass is 10.4. The van der Waals surface area contributed by atoms with E-state index in [0.29, 0.717) is 21.6 Å². The third-order valence-electron chi connectivity index (χ3n) is 3.06. The Hall–Kier alpha value is -0.680. The predicted molar refractivity (Wildman–Crippen MR) is 94.7 cm³/mol. The van der Waals surface area contributed by atoms with Gasteiger partial charge < -0.3 is 0 Å². The second kappa shape index (κ2) is 8.82. The van der Waals surface area contributed by atoms with E-state index in [1.807, 2.05) is 0 Å². The average molecular weight is 375 g/mol. The molecule has 0 amide bonds. The molecule has 0 bridgehead atoms. The maximum atomic E-state index is 12.1. The third-order valence-corrected chi connectivity index (χ3v) is 6.48. The molecule has 22 heavy (non-hydrogen) atoms. The van der Waals surface area contributed by atoms with Crippen LogP contribution in [0.2, 0.25) is 10.0 Å². The minimum Gasteiger partial charge on any atom is -0.254 e. The Morgan fingerprint density at radius 2 is 0.955 bits per heavy atom. The molecule has 0 spiro atoms. The van der Waals surface area contributed by atoms with Crippen LogP contribution in [0, 0.1) is 0 Å². The van der Waals surface area contributed by atoms with Crippen molar-refractivity contribution in [3.05, 3.63) is 58.6 Å². The van der Waals surface area contributed by atoms with Crippen molar-refractivity contribution in [1.82, 2.24) is 0 Å². The van der Waals surface area contributed by atoms with Crippen LogP contribution < -0.4 is 0 Å². The van der Waals surface area contributed by atoms with Gasteiger partial charge in [0.15, 0.2) is 0 Å². The van der Waals surface area contributed by atoms with Gasteiger partial charge in [0.05, 0.1) is 21.6 Å². The number of benzene rings is 2. The van der Waals surface area contributed by atoms with E-state index < -0.39 is 21.6 Å². The van der Waals surface area contributed by atoms with E-state index in [9.17, 15) is 8.42 Å². The third kappa shape index (κ3) is 5.51. The van der Waals surface area contributed by atoms with Gasteiger partial charge in [0.2, 0.25) is 0 Å². The van der Waals surface area contributed by atoms with Crippen LogP contribution in [0.1, 0.15) is 12.8 Å². The van der Waals surface area contributed by atoms with Crippen molar-refractivity contribution in [2.45, 2.75) is 22.6 Å². The Bertz CT molecular complexity index is 595. The van der Waals surface area contributed by atoms with E-state index in [0.717, 1.165) is 22.6 Å². The van der Waals surface area contributed by atoms with Gasteiger partial charge in [0.1, 0.15) is 0 Å². The first kappa shape index (κ1) is 17.7. The van der Waals surface area contributed by atoms with Gasteiger partial charge in [0.25, 0.3) is 0 Å². The highest BCUT2D eigenvalue weighted by molar-refractivity contribution is 7.85. The Morgan fingerprint density at radius 3 is 1.27 bits per heavy atom. The highest BCUT2D eigenvalue weighted by Crippen LogP contribution is 2.15. The largest absolute Gasteiger partial charge is 0.254 e. The molecule has 2 aromatic carbocycles. The van der Waals surface area contributed by atoms with E-state index in [4.69, 9.17) is 23.2 Å². The fourth-order valence-electron chi connectivity index (χ4n) is 1.87. The summed E-state index contributed by atoms with van der Waals surface area (Å²) in [4.78, 5) is 1.56. The SMILES string of the molecule is O=[S@](CCCC[S@](=O)c1ccc(Cl)cc1)c1ccc(Cl)cc1. The molecular formula is C16H16Cl2O2S2. The summed E-state index contributed by atoms with van der Waals surface area (Å²) in [6, 6.07) is 14.1. The second-order valence-electron chi connectivity index (χ2n) is 4.71. The zero-order chi connectivity index (χ0) is 15.9. The Kier molecular flexibility index (Phi) is 7.09. The molecule has 0 aromatic heterocycles. The molecule has 2 rings (SSSR count). The first-order valence-electron chi connectivity index (χ1n) is 6.84. The zero-order valence-electron chi connectivity index (χ0n) is 11.8. The summed E-state index contributed by atoms with van der Waals surface area (Å²) < 4.78 is 24.2. The van der Waals surface area contributed by atoms with Gasteiger partial charge in [-0.05, 0) is 61.4 Å². The summed E-state index contributed by atoms with van der Waals surface area (Å²) in [7, 11) is -2.06.